The van der Waals surface area contributed by atoms with Gasteiger partial charge in [-0.1, -0.05) is 25.6 Å². The summed E-state index contributed by atoms with van der Waals surface area (Å²) in [7, 11) is 0. The zero-order valence-electron chi connectivity index (χ0n) is 11.3. The lowest BCUT2D eigenvalue weighted by atomic mass is 10.1. The Balaban J connectivity index is 1.88. The van der Waals surface area contributed by atoms with Gasteiger partial charge in [-0.25, -0.2) is 0 Å². The number of hydrogen-bond acceptors (Lipinski definition) is 4. The highest BCUT2D eigenvalue weighted by Gasteiger charge is 2.20. The Bertz CT molecular complexity index is 412. The van der Waals surface area contributed by atoms with E-state index in [9.17, 15) is 0 Å². The Morgan fingerprint density at radius 3 is 3.17 bits per heavy atom. The average Bonchev–Trinajstić information content (AvgIpc) is 2.93. The molecule has 100 valence electrons. The van der Waals surface area contributed by atoms with Gasteiger partial charge in [0.05, 0.1) is 0 Å². The molecule has 18 heavy (non-hydrogen) atoms. The molecule has 0 amide bonds. The van der Waals surface area contributed by atoms with Crippen molar-refractivity contribution < 1.29 is 0 Å². The van der Waals surface area contributed by atoms with Gasteiger partial charge in [0.2, 0.25) is 0 Å². The molecule has 2 rings (SSSR count). The second kappa shape index (κ2) is 6.22. The third kappa shape index (κ3) is 3.48. The minimum atomic E-state index is 0.567. The monoisotopic (exact) mass is 267 g/mol. The van der Waals surface area contributed by atoms with Crippen molar-refractivity contribution in [3.8, 4) is 0 Å². The van der Waals surface area contributed by atoms with Gasteiger partial charge in [0.15, 0.2) is 11.0 Å². The Labute approximate surface area is 112 Å². The topological polar surface area (TPSA) is 55.1 Å². The third-order valence-electron chi connectivity index (χ3n) is 2.91. The van der Waals surface area contributed by atoms with Gasteiger partial charge in [0.1, 0.15) is 12.9 Å². The highest BCUT2D eigenvalue weighted by atomic mass is 32.2. The standard InChI is InChI=1S/C12H21N5S/c1-4-17-8-14-16-11(17)6-13-12-15-10(7-18-12)5-9(2)3/h8-10H,4-7H2,1-3H3,(H,13,15). The molecule has 1 N–H and O–H groups in total. The van der Waals surface area contributed by atoms with Gasteiger partial charge in [0.25, 0.3) is 0 Å². The van der Waals surface area contributed by atoms with Crippen LogP contribution in [0.4, 0.5) is 0 Å². The van der Waals surface area contributed by atoms with Crippen LogP contribution in [0, 0.1) is 5.92 Å². The van der Waals surface area contributed by atoms with Crippen LogP contribution in [0.25, 0.3) is 0 Å². The maximum atomic E-state index is 4.58. The van der Waals surface area contributed by atoms with E-state index in [-0.39, 0.29) is 0 Å². The number of hydrogen-bond donors (Lipinski definition) is 1. The van der Waals surface area contributed by atoms with E-state index in [1.165, 1.54) is 6.42 Å². The first-order valence-electron chi connectivity index (χ1n) is 6.49. The molecule has 0 aromatic carbocycles. The van der Waals surface area contributed by atoms with Gasteiger partial charge in [-0.05, 0) is 19.3 Å². The fourth-order valence-electron chi connectivity index (χ4n) is 2.03. The van der Waals surface area contributed by atoms with Crippen molar-refractivity contribution >= 4 is 16.9 Å². The summed E-state index contributed by atoms with van der Waals surface area (Å²) in [5, 5.41) is 12.5. The number of amidine groups is 1. The van der Waals surface area contributed by atoms with Crippen LogP contribution in [0.2, 0.25) is 0 Å². The largest absolute Gasteiger partial charge is 0.361 e. The lowest BCUT2D eigenvalue weighted by Crippen LogP contribution is -2.28. The summed E-state index contributed by atoms with van der Waals surface area (Å²) in [4.78, 5) is 4.58. The molecule has 6 heteroatoms. The number of thioether (sulfide) groups is 1. The van der Waals surface area contributed by atoms with E-state index in [0.717, 1.165) is 29.2 Å². The van der Waals surface area contributed by atoms with Gasteiger partial charge >= 0.3 is 0 Å². The smallest absolute Gasteiger partial charge is 0.157 e. The van der Waals surface area contributed by atoms with Crippen LogP contribution >= 0.6 is 11.8 Å². The predicted molar refractivity (Wildman–Crippen MR) is 75.7 cm³/mol. The summed E-state index contributed by atoms with van der Waals surface area (Å²) in [6, 6.07) is 0.567. The Kier molecular flexibility index (Phi) is 4.63. The molecule has 1 saturated heterocycles. The number of rotatable bonds is 5. The number of nitrogens with one attached hydrogen (secondary N) is 1. The second-order valence-electron chi connectivity index (χ2n) is 4.94. The van der Waals surface area contributed by atoms with Gasteiger partial charge < -0.3 is 9.88 Å². The number of aliphatic imine (C=N–C) groups is 1. The van der Waals surface area contributed by atoms with Crippen molar-refractivity contribution in [2.45, 2.75) is 46.3 Å². The SMILES string of the molecule is CCn1cnnc1CN=C1NC(CC(C)C)CS1. The molecular weight excluding hydrogens is 246 g/mol. The Hall–Kier alpha value is -1.04. The highest BCUT2D eigenvalue weighted by molar-refractivity contribution is 8.14. The van der Waals surface area contributed by atoms with E-state index in [1.54, 1.807) is 6.33 Å². The molecule has 1 aromatic rings. The number of nitrogens with zero attached hydrogens (tertiary/aromatic N) is 4. The van der Waals surface area contributed by atoms with Crippen molar-refractivity contribution in [3.05, 3.63) is 12.2 Å². The fourth-order valence-corrected chi connectivity index (χ4v) is 3.02. The van der Waals surface area contributed by atoms with Crippen molar-refractivity contribution in [3.63, 3.8) is 0 Å². The van der Waals surface area contributed by atoms with Gasteiger partial charge in [-0.2, -0.15) is 0 Å². The molecule has 1 aliphatic rings. The molecule has 0 saturated carbocycles. The zero-order chi connectivity index (χ0) is 13.0. The van der Waals surface area contributed by atoms with Gasteiger partial charge in [-0.3, -0.25) is 4.99 Å². The summed E-state index contributed by atoms with van der Waals surface area (Å²) >= 11 is 1.81. The summed E-state index contributed by atoms with van der Waals surface area (Å²) in [5.74, 6) is 2.78. The van der Waals surface area contributed by atoms with Gasteiger partial charge in [0, 0.05) is 18.3 Å². The minimum Gasteiger partial charge on any atom is -0.361 e. The Morgan fingerprint density at radius 1 is 1.61 bits per heavy atom. The van der Waals surface area contributed by atoms with Crippen LogP contribution in [-0.4, -0.2) is 31.7 Å². The quantitative estimate of drug-likeness (QED) is 0.885. The van der Waals surface area contributed by atoms with Crippen molar-refractivity contribution in [1.29, 1.82) is 0 Å². The molecule has 1 fully saturated rings. The molecule has 1 aromatic heterocycles. The normalized spacial score (nSPS) is 21.8. The molecule has 2 heterocycles. The molecule has 0 aliphatic carbocycles. The molecular formula is C12H21N5S. The van der Waals surface area contributed by atoms with Crippen LogP contribution in [0.1, 0.15) is 33.0 Å². The summed E-state index contributed by atoms with van der Waals surface area (Å²) in [5.41, 5.74) is 0. The van der Waals surface area contributed by atoms with Crippen molar-refractivity contribution in [1.82, 2.24) is 20.1 Å². The van der Waals surface area contributed by atoms with Crippen LogP contribution in [0.5, 0.6) is 0 Å². The maximum absolute atomic E-state index is 4.58. The van der Waals surface area contributed by atoms with E-state index in [4.69, 9.17) is 0 Å². The third-order valence-corrected chi connectivity index (χ3v) is 3.99. The molecule has 1 unspecified atom stereocenters. The zero-order valence-corrected chi connectivity index (χ0v) is 12.1. The summed E-state index contributed by atoms with van der Waals surface area (Å²) in [6.07, 6.45) is 2.96. The van der Waals surface area contributed by atoms with E-state index in [2.05, 4.69) is 41.3 Å². The summed E-state index contributed by atoms with van der Waals surface area (Å²) < 4.78 is 2.02. The lowest BCUT2D eigenvalue weighted by molar-refractivity contribution is 0.502. The fraction of sp³-hybridized carbons (Fsp3) is 0.750. The molecule has 5 nitrogen and oxygen atoms in total. The van der Waals surface area contributed by atoms with E-state index < -0.39 is 0 Å². The maximum Gasteiger partial charge on any atom is 0.157 e. The first kappa shape index (κ1) is 13.4. The first-order valence-corrected chi connectivity index (χ1v) is 7.48. The molecule has 0 spiro atoms. The lowest BCUT2D eigenvalue weighted by Gasteiger charge is -2.11. The number of aryl methyl sites for hydroxylation is 1. The Morgan fingerprint density at radius 2 is 2.44 bits per heavy atom. The highest BCUT2D eigenvalue weighted by Crippen LogP contribution is 2.19. The van der Waals surface area contributed by atoms with Crippen LogP contribution in [0.3, 0.4) is 0 Å². The second-order valence-corrected chi connectivity index (χ2v) is 5.95. The number of aromatic nitrogens is 3. The van der Waals surface area contributed by atoms with Crippen LogP contribution in [0.15, 0.2) is 11.3 Å². The van der Waals surface area contributed by atoms with Crippen molar-refractivity contribution in [2.24, 2.45) is 10.9 Å². The minimum absolute atomic E-state index is 0.567. The molecule has 1 atom stereocenters. The van der Waals surface area contributed by atoms with Crippen LogP contribution in [-0.2, 0) is 13.1 Å². The predicted octanol–water partition coefficient (Wildman–Crippen LogP) is 1.91. The molecule has 0 radical (unpaired) electrons. The average molecular weight is 267 g/mol. The molecule has 0 bridgehead atoms. The van der Waals surface area contributed by atoms with E-state index in [0.29, 0.717) is 12.6 Å². The van der Waals surface area contributed by atoms with E-state index >= 15 is 0 Å². The first-order chi connectivity index (χ1) is 8.69. The summed E-state index contributed by atoms with van der Waals surface area (Å²) in [6.45, 7) is 8.10. The van der Waals surface area contributed by atoms with E-state index in [1.807, 2.05) is 16.3 Å². The molecule has 1 aliphatic heterocycles. The van der Waals surface area contributed by atoms with Gasteiger partial charge in [-0.15, -0.1) is 10.2 Å². The van der Waals surface area contributed by atoms with Crippen LogP contribution < -0.4 is 5.32 Å². The van der Waals surface area contributed by atoms with Crippen molar-refractivity contribution in [2.75, 3.05) is 5.75 Å².